The van der Waals surface area contributed by atoms with E-state index in [0.29, 0.717) is 5.56 Å². The van der Waals surface area contributed by atoms with Crippen LogP contribution in [0, 0.1) is 5.82 Å². The van der Waals surface area contributed by atoms with Crippen LogP contribution in [-0.2, 0) is 13.5 Å². The van der Waals surface area contributed by atoms with Crippen molar-refractivity contribution in [1.29, 1.82) is 0 Å². The Labute approximate surface area is 100 Å². The lowest BCUT2D eigenvalue weighted by Gasteiger charge is -2.02. The van der Waals surface area contributed by atoms with Gasteiger partial charge >= 0.3 is 0 Å². The quantitative estimate of drug-likeness (QED) is 0.875. The van der Waals surface area contributed by atoms with Crippen molar-refractivity contribution >= 4 is 0 Å². The van der Waals surface area contributed by atoms with Gasteiger partial charge in [0.1, 0.15) is 5.82 Å². The van der Waals surface area contributed by atoms with E-state index in [1.807, 2.05) is 26.2 Å². The van der Waals surface area contributed by atoms with E-state index in [4.69, 9.17) is 0 Å². The van der Waals surface area contributed by atoms with Crippen LogP contribution in [0.3, 0.4) is 0 Å². The number of hydrogen-bond acceptors (Lipinski definition) is 2. The third kappa shape index (κ3) is 2.53. The van der Waals surface area contributed by atoms with Gasteiger partial charge in [-0.2, -0.15) is 5.10 Å². The first-order chi connectivity index (χ1) is 8.22. The summed E-state index contributed by atoms with van der Waals surface area (Å²) in [5.41, 5.74) is 2.38. The Hall–Kier alpha value is -1.68. The molecule has 0 unspecified atom stereocenters. The van der Waals surface area contributed by atoms with E-state index in [-0.39, 0.29) is 5.82 Å². The molecular formula is C13H16FN3. The Morgan fingerprint density at radius 2 is 2.12 bits per heavy atom. The molecule has 90 valence electrons. The second-order valence-corrected chi connectivity index (χ2v) is 3.98. The molecule has 1 aromatic heterocycles. The molecule has 1 aromatic carbocycles. The van der Waals surface area contributed by atoms with Crippen molar-refractivity contribution in [3.8, 4) is 11.3 Å². The molecule has 0 atom stereocenters. The Balaban J connectivity index is 2.33. The molecule has 0 aliphatic heterocycles. The summed E-state index contributed by atoms with van der Waals surface area (Å²) in [5.74, 6) is -0.212. The van der Waals surface area contributed by atoms with E-state index in [1.165, 1.54) is 6.07 Å². The zero-order valence-electron chi connectivity index (χ0n) is 10.1. The maximum Gasteiger partial charge on any atom is 0.132 e. The van der Waals surface area contributed by atoms with Gasteiger partial charge in [-0.1, -0.05) is 12.1 Å². The lowest BCUT2D eigenvalue weighted by Crippen LogP contribution is -2.10. The second-order valence-electron chi connectivity index (χ2n) is 3.98. The van der Waals surface area contributed by atoms with Gasteiger partial charge < -0.3 is 5.32 Å². The number of nitrogens with one attached hydrogen (secondary N) is 1. The third-order valence-electron chi connectivity index (χ3n) is 2.71. The van der Waals surface area contributed by atoms with Gasteiger partial charge in [0.2, 0.25) is 0 Å². The van der Waals surface area contributed by atoms with Crippen LogP contribution in [0.2, 0.25) is 0 Å². The van der Waals surface area contributed by atoms with Gasteiger partial charge in [0.05, 0.1) is 11.4 Å². The van der Waals surface area contributed by atoms with Crippen molar-refractivity contribution in [3.05, 3.63) is 41.8 Å². The first-order valence-electron chi connectivity index (χ1n) is 5.65. The lowest BCUT2D eigenvalue weighted by atomic mass is 10.1. The monoisotopic (exact) mass is 233 g/mol. The molecule has 1 heterocycles. The first-order valence-corrected chi connectivity index (χ1v) is 5.65. The Kier molecular flexibility index (Phi) is 3.54. The molecule has 0 spiro atoms. The van der Waals surface area contributed by atoms with Gasteiger partial charge in [-0.3, -0.25) is 4.68 Å². The van der Waals surface area contributed by atoms with Gasteiger partial charge in [0, 0.05) is 25.6 Å². The van der Waals surface area contributed by atoms with Crippen molar-refractivity contribution in [2.24, 2.45) is 7.05 Å². The number of likely N-dealkylation sites (N-methyl/N-ethyl adjacent to an activating group) is 1. The zero-order chi connectivity index (χ0) is 12.3. The van der Waals surface area contributed by atoms with Gasteiger partial charge in [-0.25, -0.2) is 4.39 Å². The van der Waals surface area contributed by atoms with Crippen LogP contribution in [0.25, 0.3) is 11.3 Å². The molecule has 0 aliphatic carbocycles. The van der Waals surface area contributed by atoms with E-state index in [2.05, 4.69) is 10.4 Å². The standard InChI is InChI=1S/C13H16FN3/c1-15-8-7-10-9-13(17(2)16-10)11-5-3-4-6-12(11)14/h3-6,9,15H,7-8H2,1-2H3. The summed E-state index contributed by atoms with van der Waals surface area (Å²) < 4.78 is 15.4. The van der Waals surface area contributed by atoms with Crippen molar-refractivity contribution in [1.82, 2.24) is 15.1 Å². The third-order valence-corrected chi connectivity index (χ3v) is 2.71. The van der Waals surface area contributed by atoms with Crippen LogP contribution in [0.4, 0.5) is 4.39 Å². The summed E-state index contributed by atoms with van der Waals surface area (Å²) in [5, 5.41) is 7.45. The maximum absolute atomic E-state index is 13.7. The molecular weight excluding hydrogens is 217 g/mol. The summed E-state index contributed by atoms with van der Waals surface area (Å²) in [4.78, 5) is 0. The molecule has 0 aliphatic rings. The van der Waals surface area contributed by atoms with Gasteiger partial charge in [-0.15, -0.1) is 0 Å². The van der Waals surface area contributed by atoms with Crippen LogP contribution >= 0.6 is 0 Å². The van der Waals surface area contributed by atoms with E-state index >= 15 is 0 Å². The Morgan fingerprint density at radius 3 is 2.82 bits per heavy atom. The number of aryl methyl sites for hydroxylation is 1. The van der Waals surface area contributed by atoms with Gasteiger partial charge in [0.25, 0.3) is 0 Å². The van der Waals surface area contributed by atoms with Gasteiger partial charge in [0.15, 0.2) is 0 Å². The van der Waals surface area contributed by atoms with Crippen molar-refractivity contribution in [2.45, 2.75) is 6.42 Å². The van der Waals surface area contributed by atoms with E-state index in [0.717, 1.165) is 24.4 Å². The fraction of sp³-hybridized carbons (Fsp3) is 0.308. The Bertz CT molecular complexity index is 505. The average molecular weight is 233 g/mol. The number of aromatic nitrogens is 2. The molecule has 0 bridgehead atoms. The van der Waals surface area contributed by atoms with Crippen LogP contribution < -0.4 is 5.32 Å². The molecule has 17 heavy (non-hydrogen) atoms. The van der Waals surface area contributed by atoms with E-state index in [1.54, 1.807) is 16.8 Å². The molecule has 0 amide bonds. The molecule has 2 rings (SSSR count). The van der Waals surface area contributed by atoms with E-state index in [9.17, 15) is 4.39 Å². The second kappa shape index (κ2) is 5.10. The Morgan fingerprint density at radius 1 is 1.35 bits per heavy atom. The summed E-state index contributed by atoms with van der Waals surface area (Å²) in [6, 6.07) is 8.70. The molecule has 4 heteroatoms. The van der Waals surface area contributed by atoms with Crippen LogP contribution in [0.15, 0.2) is 30.3 Å². The summed E-state index contributed by atoms with van der Waals surface area (Å²) in [6.07, 6.45) is 0.846. The molecule has 0 fully saturated rings. The van der Waals surface area contributed by atoms with Crippen LogP contribution in [-0.4, -0.2) is 23.4 Å². The smallest absolute Gasteiger partial charge is 0.132 e. The minimum Gasteiger partial charge on any atom is -0.319 e. The highest BCUT2D eigenvalue weighted by Crippen LogP contribution is 2.22. The molecule has 0 radical (unpaired) electrons. The molecule has 0 saturated heterocycles. The SMILES string of the molecule is CNCCc1cc(-c2ccccc2F)n(C)n1. The minimum absolute atomic E-state index is 0.212. The van der Waals surface area contributed by atoms with Crippen molar-refractivity contribution < 1.29 is 4.39 Å². The topological polar surface area (TPSA) is 29.9 Å². The number of halogens is 1. The molecule has 2 aromatic rings. The van der Waals surface area contributed by atoms with Crippen molar-refractivity contribution in [3.63, 3.8) is 0 Å². The maximum atomic E-state index is 13.7. The zero-order valence-corrected chi connectivity index (χ0v) is 10.1. The largest absolute Gasteiger partial charge is 0.319 e. The van der Waals surface area contributed by atoms with E-state index < -0.39 is 0 Å². The lowest BCUT2D eigenvalue weighted by molar-refractivity contribution is 0.627. The first kappa shape index (κ1) is 11.8. The molecule has 1 N–H and O–H groups in total. The van der Waals surface area contributed by atoms with Crippen LogP contribution in [0.5, 0.6) is 0 Å². The number of benzene rings is 1. The number of nitrogens with zero attached hydrogens (tertiary/aromatic N) is 2. The normalized spacial score (nSPS) is 10.8. The van der Waals surface area contributed by atoms with Gasteiger partial charge in [-0.05, 0) is 25.2 Å². The fourth-order valence-electron chi connectivity index (χ4n) is 1.82. The predicted molar refractivity (Wildman–Crippen MR) is 66.2 cm³/mol. The highest BCUT2D eigenvalue weighted by Gasteiger charge is 2.10. The molecule has 0 saturated carbocycles. The summed E-state index contributed by atoms with van der Waals surface area (Å²) in [7, 11) is 3.74. The molecule has 3 nitrogen and oxygen atoms in total. The minimum atomic E-state index is -0.212. The summed E-state index contributed by atoms with van der Waals surface area (Å²) in [6.45, 7) is 0.869. The number of hydrogen-bond donors (Lipinski definition) is 1. The predicted octanol–water partition coefficient (Wildman–Crippen LogP) is 1.99. The average Bonchev–Trinajstić information content (AvgIpc) is 2.68. The highest BCUT2D eigenvalue weighted by atomic mass is 19.1. The summed E-state index contributed by atoms with van der Waals surface area (Å²) >= 11 is 0. The number of rotatable bonds is 4. The highest BCUT2D eigenvalue weighted by molar-refractivity contribution is 5.60. The van der Waals surface area contributed by atoms with Crippen LogP contribution in [0.1, 0.15) is 5.69 Å². The fourth-order valence-corrected chi connectivity index (χ4v) is 1.82. The van der Waals surface area contributed by atoms with Crippen molar-refractivity contribution in [2.75, 3.05) is 13.6 Å².